The van der Waals surface area contributed by atoms with Gasteiger partial charge in [-0.25, -0.2) is 0 Å². The zero-order valence-corrected chi connectivity index (χ0v) is 9.66. The van der Waals surface area contributed by atoms with E-state index in [1.807, 2.05) is 12.1 Å². The van der Waals surface area contributed by atoms with E-state index in [4.69, 9.17) is 10.2 Å². The van der Waals surface area contributed by atoms with Gasteiger partial charge in [-0.2, -0.15) is 0 Å². The van der Waals surface area contributed by atoms with E-state index in [-0.39, 0.29) is 11.2 Å². The Kier molecular flexibility index (Phi) is 2.33. The second kappa shape index (κ2) is 3.85. The van der Waals surface area contributed by atoms with Gasteiger partial charge in [0.2, 0.25) is 5.91 Å². The van der Waals surface area contributed by atoms with Crippen LogP contribution in [0.1, 0.15) is 11.0 Å². The Balaban J connectivity index is 1.98. The Morgan fingerprint density at radius 2 is 2.24 bits per heavy atom. The second-order valence-electron chi connectivity index (χ2n) is 3.76. The van der Waals surface area contributed by atoms with E-state index < -0.39 is 0 Å². The summed E-state index contributed by atoms with van der Waals surface area (Å²) in [5.74, 6) is 0.582. The van der Waals surface area contributed by atoms with Crippen molar-refractivity contribution in [3.05, 3.63) is 42.4 Å². The number of hydrogen-bond acceptors (Lipinski definition) is 4. The summed E-state index contributed by atoms with van der Waals surface area (Å²) in [4.78, 5) is 12.9. The van der Waals surface area contributed by atoms with Gasteiger partial charge in [0, 0.05) is 10.6 Å². The number of benzene rings is 1. The van der Waals surface area contributed by atoms with Gasteiger partial charge >= 0.3 is 0 Å². The maximum atomic E-state index is 11.9. The predicted molar refractivity (Wildman–Crippen MR) is 66.8 cm³/mol. The summed E-state index contributed by atoms with van der Waals surface area (Å²) in [6.45, 7) is 0. The highest BCUT2D eigenvalue weighted by Crippen LogP contribution is 2.44. The largest absolute Gasteiger partial charge is 0.468 e. The van der Waals surface area contributed by atoms with Crippen LogP contribution in [0.4, 0.5) is 11.4 Å². The fourth-order valence-corrected chi connectivity index (χ4v) is 2.81. The predicted octanol–water partition coefficient (Wildman–Crippen LogP) is 2.65. The van der Waals surface area contributed by atoms with Crippen molar-refractivity contribution in [1.82, 2.24) is 0 Å². The number of fused-ring (bicyclic) bond motifs is 1. The van der Waals surface area contributed by atoms with E-state index in [1.165, 1.54) is 11.8 Å². The molecule has 3 rings (SSSR count). The molecule has 2 heterocycles. The van der Waals surface area contributed by atoms with Gasteiger partial charge in [-0.05, 0) is 30.3 Å². The molecule has 17 heavy (non-hydrogen) atoms. The van der Waals surface area contributed by atoms with Crippen LogP contribution in [0.25, 0.3) is 0 Å². The number of anilines is 2. The molecule has 0 fully saturated rings. The molecule has 1 aromatic heterocycles. The summed E-state index contributed by atoms with van der Waals surface area (Å²) in [6.07, 6.45) is 1.57. The summed E-state index contributed by atoms with van der Waals surface area (Å²) in [7, 11) is 0. The van der Waals surface area contributed by atoms with Crippen molar-refractivity contribution in [3.63, 3.8) is 0 Å². The molecule has 0 spiro atoms. The van der Waals surface area contributed by atoms with E-state index in [0.29, 0.717) is 11.4 Å². The first kappa shape index (κ1) is 10.3. The first-order valence-electron chi connectivity index (χ1n) is 5.14. The topological polar surface area (TPSA) is 68.3 Å². The minimum absolute atomic E-state index is 0.0805. The van der Waals surface area contributed by atoms with Crippen molar-refractivity contribution in [2.24, 2.45) is 0 Å². The number of carbonyl (C=O) groups is 1. The highest BCUT2D eigenvalue weighted by molar-refractivity contribution is 8.00. The second-order valence-corrected chi connectivity index (χ2v) is 4.91. The number of furan rings is 1. The van der Waals surface area contributed by atoms with E-state index >= 15 is 0 Å². The quantitative estimate of drug-likeness (QED) is 0.759. The molecule has 2 aromatic rings. The molecule has 1 amide bonds. The summed E-state index contributed by atoms with van der Waals surface area (Å²) < 4.78 is 5.28. The van der Waals surface area contributed by atoms with E-state index in [2.05, 4.69) is 5.32 Å². The molecule has 1 aromatic carbocycles. The van der Waals surface area contributed by atoms with E-state index in [1.54, 1.807) is 24.5 Å². The van der Waals surface area contributed by atoms with Crippen molar-refractivity contribution in [3.8, 4) is 0 Å². The number of hydrogen-bond donors (Lipinski definition) is 2. The van der Waals surface area contributed by atoms with Crippen LogP contribution in [0, 0.1) is 0 Å². The number of amides is 1. The third kappa shape index (κ3) is 1.78. The van der Waals surface area contributed by atoms with Gasteiger partial charge in [-0.3, -0.25) is 4.79 Å². The lowest BCUT2D eigenvalue weighted by molar-refractivity contribution is -0.116. The fourth-order valence-electron chi connectivity index (χ4n) is 1.75. The van der Waals surface area contributed by atoms with Crippen molar-refractivity contribution in [1.29, 1.82) is 0 Å². The molecule has 1 aliphatic heterocycles. The molecule has 4 nitrogen and oxygen atoms in total. The average molecular weight is 246 g/mol. The molecule has 5 heteroatoms. The Labute approximate surface area is 102 Å². The van der Waals surface area contributed by atoms with Gasteiger partial charge in [0.25, 0.3) is 0 Å². The van der Waals surface area contributed by atoms with Crippen molar-refractivity contribution >= 4 is 29.0 Å². The Morgan fingerprint density at radius 3 is 3.00 bits per heavy atom. The smallest absolute Gasteiger partial charge is 0.245 e. The number of nitrogens with two attached hydrogens (primary N) is 1. The molecule has 0 bridgehead atoms. The average Bonchev–Trinajstić information content (AvgIpc) is 2.81. The first-order chi connectivity index (χ1) is 8.24. The van der Waals surface area contributed by atoms with Gasteiger partial charge in [-0.1, -0.05) is 0 Å². The number of carbonyl (C=O) groups excluding carboxylic acids is 1. The maximum Gasteiger partial charge on any atom is 0.245 e. The first-order valence-corrected chi connectivity index (χ1v) is 6.02. The van der Waals surface area contributed by atoms with Crippen LogP contribution < -0.4 is 11.1 Å². The monoisotopic (exact) mass is 246 g/mol. The molecule has 3 N–H and O–H groups in total. The summed E-state index contributed by atoms with van der Waals surface area (Å²) in [6, 6.07) is 9.08. The van der Waals surface area contributed by atoms with Crippen LogP contribution in [0.15, 0.2) is 45.9 Å². The van der Waals surface area contributed by atoms with Gasteiger partial charge in [0.15, 0.2) is 0 Å². The lowest BCUT2D eigenvalue weighted by Crippen LogP contribution is -2.22. The molecule has 1 atom stereocenters. The highest BCUT2D eigenvalue weighted by atomic mass is 32.2. The molecule has 1 aliphatic rings. The maximum absolute atomic E-state index is 11.9. The van der Waals surface area contributed by atoms with Gasteiger partial charge in [0.05, 0.1) is 12.0 Å². The van der Waals surface area contributed by atoms with Gasteiger partial charge in [0.1, 0.15) is 11.0 Å². The van der Waals surface area contributed by atoms with E-state index in [0.717, 1.165) is 10.6 Å². The van der Waals surface area contributed by atoms with Crippen molar-refractivity contribution < 1.29 is 9.21 Å². The SMILES string of the molecule is Nc1ccc2c(c1)NC(=O)C(c1ccco1)S2. The zero-order chi connectivity index (χ0) is 11.8. The third-order valence-electron chi connectivity index (χ3n) is 2.55. The molecule has 0 saturated heterocycles. The van der Waals surface area contributed by atoms with Gasteiger partial charge < -0.3 is 15.5 Å². The van der Waals surface area contributed by atoms with Gasteiger partial charge in [-0.15, -0.1) is 11.8 Å². The molecular weight excluding hydrogens is 236 g/mol. The van der Waals surface area contributed by atoms with Crippen LogP contribution in [0.2, 0.25) is 0 Å². The molecule has 1 unspecified atom stereocenters. The fraction of sp³-hybridized carbons (Fsp3) is 0.0833. The Morgan fingerprint density at radius 1 is 1.35 bits per heavy atom. The molecule has 0 saturated carbocycles. The molecule has 0 aliphatic carbocycles. The number of nitrogen functional groups attached to an aromatic ring is 1. The standard InChI is InChI=1S/C12H10N2O2S/c13-7-3-4-10-8(6-7)14-12(15)11(17-10)9-2-1-5-16-9/h1-6,11H,13H2,(H,14,15). The lowest BCUT2D eigenvalue weighted by Gasteiger charge is -2.22. The third-order valence-corrected chi connectivity index (χ3v) is 3.84. The molecule has 86 valence electrons. The normalized spacial score (nSPS) is 18.6. The van der Waals surface area contributed by atoms with E-state index in [9.17, 15) is 4.79 Å². The molecule has 0 radical (unpaired) electrons. The Bertz CT molecular complexity index is 566. The summed E-state index contributed by atoms with van der Waals surface area (Å²) in [5.41, 5.74) is 7.08. The van der Waals surface area contributed by atoms with Crippen LogP contribution in [0.5, 0.6) is 0 Å². The highest BCUT2D eigenvalue weighted by Gasteiger charge is 2.30. The number of thioether (sulfide) groups is 1. The van der Waals surface area contributed by atoms with Crippen molar-refractivity contribution in [2.45, 2.75) is 10.1 Å². The Hall–Kier alpha value is -1.88. The number of nitrogens with one attached hydrogen (secondary N) is 1. The lowest BCUT2D eigenvalue weighted by atomic mass is 10.2. The zero-order valence-electron chi connectivity index (χ0n) is 8.84. The number of rotatable bonds is 1. The minimum Gasteiger partial charge on any atom is -0.468 e. The molecular formula is C12H10N2O2S. The van der Waals surface area contributed by atoms with Crippen LogP contribution in [-0.4, -0.2) is 5.91 Å². The summed E-state index contributed by atoms with van der Waals surface area (Å²) >= 11 is 1.47. The minimum atomic E-state index is -0.332. The van der Waals surface area contributed by atoms with Crippen LogP contribution in [-0.2, 0) is 4.79 Å². The van der Waals surface area contributed by atoms with Crippen LogP contribution in [0.3, 0.4) is 0 Å². The summed E-state index contributed by atoms with van der Waals surface area (Å²) in [5, 5.41) is 2.51. The van der Waals surface area contributed by atoms with Crippen LogP contribution >= 0.6 is 11.8 Å². The van der Waals surface area contributed by atoms with Crippen molar-refractivity contribution in [2.75, 3.05) is 11.1 Å².